The third-order valence-corrected chi connectivity index (χ3v) is 3.38. The van der Waals surface area contributed by atoms with E-state index < -0.39 is 0 Å². The Labute approximate surface area is 108 Å². The Kier molecular flexibility index (Phi) is 4.17. The molecule has 0 amide bonds. The Hall–Kier alpha value is -1.59. The fourth-order valence-corrected chi connectivity index (χ4v) is 2.35. The van der Waals surface area contributed by atoms with Gasteiger partial charge in [-0.15, -0.1) is 0 Å². The second-order valence-corrected chi connectivity index (χ2v) is 4.89. The second kappa shape index (κ2) is 5.84. The average Bonchev–Trinajstić information content (AvgIpc) is 2.76. The minimum atomic E-state index is 0.661. The molecule has 0 spiro atoms. The second-order valence-electron chi connectivity index (χ2n) is 4.89. The molecule has 0 saturated carbocycles. The Morgan fingerprint density at radius 1 is 1.61 bits per heavy atom. The molecule has 2 heterocycles. The molecule has 2 rings (SSSR count). The highest BCUT2D eigenvalue weighted by Gasteiger charge is 2.19. The largest absolute Gasteiger partial charge is 0.349 e. The van der Waals surface area contributed by atoms with Crippen LogP contribution in [-0.4, -0.2) is 45.8 Å². The van der Waals surface area contributed by atoms with Crippen LogP contribution in [0.4, 0.5) is 0 Å². The maximum atomic E-state index is 4.35. The first-order chi connectivity index (χ1) is 8.70. The van der Waals surface area contributed by atoms with E-state index in [4.69, 9.17) is 0 Å². The lowest BCUT2D eigenvalue weighted by molar-refractivity contribution is 0.265. The fraction of sp³-hybridized carbons (Fsp3) is 0.750. The number of aromatic nitrogens is 3. The molecule has 0 radical (unpaired) electrons. The molecule has 6 nitrogen and oxygen atoms in total. The molecular formula is C12H22N6. The SMILES string of the molecule is CN=C(NCc1ncnn1C)N1CCCC(C)C1. The molecule has 18 heavy (non-hydrogen) atoms. The highest BCUT2D eigenvalue weighted by molar-refractivity contribution is 5.79. The van der Waals surface area contributed by atoms with Crippen LogP contribution in [0.3, 0.4) is 0 Å². The van der Waals surface area contributed by atoms with Gasteiger partial charge in [0.2, 0.25) is 0 Å². The molecular weight excluding hydrogens is 228 g/mol. The zero-order chi connectivity index (χ0) is 13.0. The van der Waals surface area contributed by atoms with Crippen LogP contribution < -0.4 is 5.32 Å². The summed E-state index contributed by atoms with van der Waals surface area (Å²) in [5.41, 5.74) is 0. The molecule has 6 heteroatoms. The summed E-state index contributed by atoms with van der Waals surface area (Å²) in [5, 5.41) is 7.41. The summed E-state index contributed by atoms with van der Waals surface area (Å²) in [6, 6.07) is 0. The van der Waals surface area contributed by atoms with E-state index in [0.29, 0.717) is 6.54 Å². The molecule has 0 bridgehead atoms. The van der Waals surface area contributed by atoms with E-state index in [0.717, 1.165) is 30.8 Å². The Bertz CT molecular complexity index is 410. The van der Waals surface area contributed by atoms with E-state index >= 15 is 0 Å². The summed E-state index contributed by atoms with van der Waals surface area (Å²) in [5.74, 6) is 2.62. The first-order valence-electron chi connectivity index (χ1n) is 6.49. The van der Waals surface area contributed by atoms with E-state index in [-0.39, 0.29) is 0 Å². The number of guanidine groups is 1. The maximum absolute atomic E-state index is 4.35. The molecule has 1 aliphatic heterocycles. The van der Waals surface area contributed by atoms with Crippen LogP contribution in [0.15, 0.2) is 11.3 Å². The Morgan fingerprint density at radius 2 is 2.44 bits per heavy atom. The number of likely N-dealkylation sites (tertiary alicyclic amines) is 1. The maximum Gasteiger partial charge on any atom is 0.194 e. The van der Waals surface area contributed by atoms with Gasteiger partial charge in [-0.2, -0.15) is 5.10 Å². The molecule has 0 aliphatic carbocycles. The Morgan fingerprint density at radius 3 is 3.06 bits per heavy atom. The zero-order valence-electron chi connectivity index (χ0n) is 11.4. The number of rotatable bonds is 2. The number of aryl methyl sites for hydroxylation is 1. The van der Waals surface area contributed by atoms with E-state index in [1.54, 1.807) is 11.0 Å². The summed E-state index contributed by atoms with van der Waals surface area (Å²) in [4.78, 5) is 10.9. The van der Waals surface area contributed by atoms with Gasteiger partial charge in [0.25, 0.3) is 0 Å². The number of piperidine rings is 1. The number of aliphatic imine (C=N–C) groups is 1. The van der Waals surface area contributed by atoms with Gasteiger partial charge in [-0.05, 0) is 18.8 Å². The topological polar surface area (TPSA) is 58.3 Å². The van der Waals surface area contributed by atoms with Crippen molar-refractivity contribution in [2.24, 2.45) is 18.0 Å². The lowest BCUT2D eigenvalue weighted by Gasteiger charge is -2.33. The van der Waals surface area contributed by atoms with Crippen LogP contribution in [0.25, 0.3) is 0 Å². The number of hydrogen-bond acceptors (Lipinski definition) is 3. The summed E-state index contributed by atoms with van der Waals surface area (Å²) >= 11 is 0. The van der Waals surface area contributed by atoms with Crippen LogP contribution in [0.2, 0.25) is 0 Å². The van der Waals surface area contributed by atoms with Crippen molar-refractivity contribution in [2.75, 3.05) is 20.1 Å². The number of nitrogens with zero attached hydrogens (tertiary/aromatic N) is 5. The first kappa shape index (κ1) is 12.9. The molecule has 1 atom stereocenters. The van der Waals surface area contributed by atoms with Gasteiger partial charge in [-0.1, -0.05) is 6.92 Å². The van der Waals surface area contributed by atoms with Crippen molar-refractivity contribution in [3.8, 4) is 0 Å². The number of hydrogen-bond donors (Lipinski definition) is 1. The van der Waals surface area contributed by atoms with Gasteiger partial charge >= 0.3 is 0 Å². The van der Waals surface area contributed by atoms with Crippen molar-refractivity contribution < 1.29 is 0 Å². The van der Waals surface area contributed by atoms with Crippen molar-refractivity contribution in [1.29, 1.82) is 0 Å². The lowest BCUT2D eigenvalue weighted by atomic mass is 10.0. The summed E-state index contributed by atoms with van der Waals surface area (Å²) < 4.78 is 1.78. The van der Waals surface area contributed by atoms with Crippen LogP contribution in [0.5, 0.6) is 0 Å². The molecule has 1 fully saturated rings. The van der Waals surface area contributed by atoms with Crippen molar-refractivity contribution in [3.63, 3.8) is 0 Å². The first-order valence-corrected chi connectivity index (χ1v) is 6.49. The van der Waals surface area contributed by atoms with E-state index in [9.17, 15) is 0 Å². The monoisotopic (exact) mass is 250 g/mol. The quantitative estimate of drug-likeness (QED) is 0.617. The van der Waals surface area contributed by atoms with Crippen LogP contribution in [0, 0.1) is 5.92 Å². The van der Waals surface area contributed by atoms with Crippen LogP contribution in [-0.2, 0) is 13.6 Å². The van der Waals surface area contributed by atoms with E-state index in [2.05, 4.69) is 32.2 Å². The average molecular weight is 250 g/mol. The minimum absolute atomic E-state index is 0.661. The predicted molar refractivity (Wildman–Crippen MR) is 71.2 cm³/mol. The van der Waals surface area contributed by atoms with Gasteiger partial charge < -0.3 is 10.2 Å². The molecule has 1 unspecified atom stereocenters. The van der Waals surface area contributed by atoms with Gasteiger partial charge in [0.05, 0.1) is 6.54 Å². The van der Waals surface area contributed by atoms with Gasteiger partial charge in [-0.3, -0.25) is 9.67 Å². The van der Waals surface area contributed by atoms with Gasteiger partial charge in [-0.25, -0.2) is 4.98 Å². The molecule has 1 aliphatic rings. The highest BCUT2D eigenvalue weighted by atomic mass is 15.3. The zero-order valence-corrected chi connectivity index (χ0v) is 11.4. The van der Waals surface area contributed by atoms with Gasteiger partial charge in [0, 0.05) is 27.2 Å². The summed E-state index contributed by atoms with van der Waals surface area (Å²) in [7, 11) is 3.73. The fourth-order valence-electron chi connectivity index (χ4n) is 2.35. The molecule has 1 saturated heterocycles. The predicted octanol–water partition coefficient (Wildman–Crippen LogP) is 0.622. The molecule has 1 aromatic heterocycles. The molecule has 0 aromatic carbocycles. The highest BCUT2D eigenvalue weighted by Crippen LogP contribution is 2.15. The molecule has 100 valence electrons. The Balaban J connectivity index is 1.92. The lowest BCUT2D eigenvalue weighted by Crippen LogP contribution is -2.46. The normalized spacial score (nSPS) is 21.2. The number of nitrogens with one attached hydrogen (secondary N) is 1. The van der Waals surface area contributed by atoms with Crippen LogP contribution >= 0.6 is 0 Å². The van der Waals surface area contributed by atoms with Gasteiger partial charge in [0.1, 0.15) is 12.2 Å². The smallest absolute Gasteiger partial charge is 0.194 e. The summed E-state index contributed by atoms with van der Waals surface area (Å²) in [6.45, 7) is 5.12. The molecule has 1 N–H and O–H groups in total. The van der Waals surface area contributed by atoms with Crippen molar-refractivity contribution in [3.05, 3.63) is 12.2 Å². The van der Waals surface area contributed by atoms with Gasteiger partial charge in [0.15, 0.2) is 5.96 Å². The van der Waals surface area contributed by atoms with E-state index in [1.807, 2.05) is 14.1 Å². The summed E-state index contributed by atoms with van der Waals surface area (Å²) in [6.07, 6.45) is 4.13. The standard InChI is InChI=1S/C12H22N6/c1-10-5-4-6-18(8-10)12(13-2)14-7-11-15-9-16-17(11)3/h9-10H,4-8H2,1-3H3,(H,13,14). The van der Waals surface area contributed by atoms with Crippen LogP contribution in [0.1, 0.15) is 25.6 Å². The third kappa shape index (κ3) is 3.00. The van der Waals surface area contributed by atoms with Crippen molar-refractivity contribution >= 4 is 5.96 Å². The van der Waals surface area contributed by atoms with E-state index in [1.165, 1.54) is 12.8 Å². The molecule has 1 aromatic rings. The van der Waals surface area contributed by atoms with Crippen molar-refractivity contribution in [2.45, 2.75) is 26.3 Å². The minimum Gasteiger partial charge on any atom is -0.349 e. The third-order valence-electron chi connectivity index (χ3n) is 3.38. The van der Waals surface area contributed by atoms with Crippen molar-refractivity contribution in [1.82, 2.24) is 25.0 Å².